The SMILES string of the molecule is CCNC(=NCCOc1ncc(C(F)(F)F)cc1Cl)NC1C2CCOC2C1(C)C.I. The zero-order valence-electron chi connectivity index (χ0n) is 17.1. The maximum Gasteiger partial charge on any atom is 0.417 e. The number of alkyl halides is 3. The van der Waals surface area contributed by atoms with Gasteiger partial charge in [0.15, 0.2) is 5.96 Å². The molecule has 0 aromatic carbocycles. The maximum absolute atomic E-state index is 12.7. The number of aromatic nitrogens is 1. The summed E-state index contributed by atoms with van der Waals surface area (Å²) >= 11 is 5.85. The standard InChI is InChI=1S/C19H26ClF3N4O2.HI/c1-4-24-17(27-14-12-5-7-28-15(12)18(14,2)3)25-6-8-29-16-13(20)9-11(10-26-16)19(21,22)23;/h9-10,12,14-15H,4-8H2,1-3H3,(H2,24,25,27);1H. The molecule has 170 valence electrons. The van der Waals surface area contributed by atoms with Crippen LogP contribution in [-0.4, -0.2) is 49.4 Å². The summed E-state index contributed by atoms with van der Waals surface area (Å²) in [4.78, 5) is 8.15. The van der Waals surface area contributed by atoms with Crippen molar-refractivity contribution in [2.45, 2.75) is 45.5 Å². The average molecular weight is 563 g/mol. The van der Waals surface area contributed by atoms with Gasteiger partial charge in [-0.15, -0.1) is 24.0 Å². The number of rotatable bonds is 6. The summed E-state index contributed by atoms with van der Waals surface area (Å²) in [5.41, 5.74) is -0.894. The zero-order valence-corrected chi connectivity index (χ0v) is 20.1. The van der Waals surface area contributed by atoms with E-state index in [0.29, 0.717) is 31.2 Å². The molecule has 1 aromatic rings. The Balaban J connectivity index is 0.00000320. The number of fused-ring (bicyclic) bond motifs is 1. The highest BCUT2D eigenvalue weighted by Crippen LogP contribution is 2.52. The molecule has 1 aliphatic heterocycles. The van der Waals surface area contributed by atoms with Crippen molar-refractivity contribution in [3.63, 3.8) is 0 Å². The number of ether oxygens (including phenoxy) is 2. The summed E-state index contributed by atoms with van der Waals surface area (Å²) in [6.07, 6.45) is -2.48. The molecule has 0 bridgehead atoms. The van der Waals surface area contributed by atoms with Crippen LogP contribution in [0, 0.1) is 11.3 Å². The monoisotopic (exact) mass is 562 g/mol. The van der Waals surface area contributed by atoms with Crippen molar-refractivity contribution in [2.24, 2.45) is 16.3 Å². The molecule has 2 aliphatic rings. The number of hydrogen-bond acceptors (Lipinski definition) is 4. The van der Waals surface area contributed by atoms with Crippen LogP contribution >= 0.6 is 35.6 Å². The van der Waals surface area contributed by atoms with Crippen LogP contribution in [0.3, 0.4) is 0 Å². The van der Waals surface area contributed by atoms with Crippen LogP contribution in [0.1, 0.15) is 32.8 Å². The average Bonchev–Trinajstić information content (AvgIpc) is 3.10. The van der Waals surface area contributed by atoms with E-state index in [0.717, 1.165) is 19.1 Å². The molecule has 2 heterocycles. The van der Waals surface area contributed by atoms with E-state index in [2.05, 4.69) is 34.5 Å². The van der Waals surface area contributed by atoms with Crippen LogP contribution < -0.4 is 15.4 Å². The van der Waals surface area contributed by atoms with Gasteiger partial charge in [0.05, 0.1) is 18.2 Å². The third-order valence-electron chi connectivity index (χ3n) is 5.47. The van der Waals surface area contributed by atoms with Gasteiger partial charge < -0.3 is 20.1 Å². The van der Waals surface area contributed by atoms with Gasteiger partial charge in [0.2, 0.25) is 5.88 Å². The van der Waals surface area contributed by atoms with Crippen molar-refractivity contribution in [3.8, 4) is 5.88 Å². The predicted octanol–water partition coefficient (Wildman–Crippen LogP) is 4.12. The van der Waals surface area contributed by atoms with Gasteiger partial charge >= 0.3 is 6.18 Å². The molecule has 1 aliphatic carbocycles. The molecule has 3 rings (SSSR count). The highest BCUT2D eigenvalue weighted by atomic mass is 127. The maximum atomic E-state index is 12.7. The Morgan fingerprint density at radius 1 is 1.43 bits per heavy atom. The van der Waals surface area contributed by atoms with Gasteiger partial charge in [0.25, 0.3) is 0 Å². The highest BCUT2D eigenvalue weighted by Gasteiger charge is 2.59. The van der Waals surface area contributed by atoms with Crippen molar-refractivity contribution in [1.29, 1.82) is 0 Å². The molecule has 2 fully saturated rings. The number of aliphatic imine (C=N–C) groups is 1. The minimum atomic E-state index is -4.50. The lowest BCUT2D eigenvalue weighted by molar-refractivity contribution is -0.137. The molecule has 1 saturated carbocycles. The van der Waals surface area contributed by atoms with Gasteiger partial charge in [-0.05, 0) is 19.4 Å². The van der Waals surface area contributed by atoms with E-state index < -0.39 is 11.7 Å². The Kier molecular flexibility index (Phi) is 8.48. The summed E-state index contributed by atoms with van der Waals surface area (Å²) in [6, 6.07) is 1.07. The van der Waals surface area contributed by atoms with Crippen molar-refractivity contribution < 1.29 is 22.6 Å². The first-order chi connectivity index (χ1) is 13.6. The number of nitrogens with one attached hydrogen (secondary N) is 2. The second kappa shape index (κ2) is 10.1. The third kappa shape index (κ3) is 5.42. The van der Waals surface area contributed by atoms with Crippen molar-refractivity contribution in [1.82, 2.24) is 15.6 Å². The minimum Gasteiger partial charge on any atom is -0.475 e. The molecule has 1 aromatic heterocycles. The minimum absolute atomic E-state index is 0. The lowest BCUT2D eigenvalue weighted by Crippen LogP contribution is -2.68. The van der Waals surface area contributed by atoms with Gasteiger partial charge in [0.1, 0.15) is 11.6 Å². The summed E-state index contributed by atoms with van der Waals surface area (Å²) in [6.45, 7) is 8.28. The Morgan fingerprint density at radius 3 is 2.80 bits per heavy atom. The molecule has 30 heavy (non-hydrogen) atoms. The van der Waals surface area contributed by atoms with Crippen molar-refractivity contribution >= 4 is 41.5 Å². The number of hydrogen-bond donors (Lipinski definition) is 2. The van der Waals surface area contributed by atoms with Crippen LogP contribution in [0.25, 0.3) is 0 Å². The van der Waals surface area contributed by atoms with Crippen molar-refractivity contribution in [2.75, 3.05) is 26.3 Å². The molecule has 6 nitrogen and oxygen atoms in total. The topological polar surface area (TPSA) is 67.8 Å². The molecule has 1 saturated heterocycles. The number of nitrogens with zero attached hydrogens (tertiary/aromatic N) is 2. The molecule has 11 heteroatoms. The molecule has 0 amide bonds. The van der Waals surface area contributed by atoms with E-state index in [1.807, 2.05) is 6.92 Å². The third-order valence-corrected chi connectivity index (χ3v) is 5.74. The van der Waals surface area contributed by atoms with E-state index in [1.54, 1.807) is 0 Å². The van der Waals surface area contributed by atoms with E-state index in [-0.39, 0.29) is 59.0 Å². The second-order valence-corrected chi connectivity index (χ2v) is 8.21. The predicted molar refractivity (Wildman–Crippen MR) is 120 cm³/mol. The lowest BCUT2D eigenvalue weighted by Gasteiger charge is -2.54. The molecule has 3 atom stereocenters. The Hall–Kier alpha value is -1.01. The van der Waals surface area contributed by atoms with Gasteiger partial charge in [-0.2, -0.15) is 13.2 Å². The second-order valence-electron chi connectivity index (χ2n) is 7.81. The fourth-order valence-corrected chi connectivity index (χ4v) is 4.29. The molecular weight excluding hydrogens is 536 g/mol. The summed E-state index contributed by atoms with van der Waals surface area (Å²) in [7, 11) is 0. The molecular formula is C19H27ClF3IN4O2. The Bertz CT molecular complexity index is 764. The van der Waals surface area contributed by atoms with Gasteiger partial charge in [-0.25, -0.2) is 9.98 Å². The molecule has 3 unspecified atom stereocenters. The lowest BCUT2D eigenvalue weighted by atomic mass is 9.57. The van der Waals surface area contributed by atoms with Crippen molar-refractivity contribution in [3.05, 3.63) is 22.8 Å². The first-order valence-corrected chi connectivity index (χ1v) is 10.0. The number of halogens is 5. The van der Waals surface area contributed by atoms with E-state index in [4.69, 9.17) is 21.1 Å². The first-order valence-electron chi connectivity index (χ1n) is 9.66. The zero-order chi connectivity index (χ0) is 21.2. The molecule has 0 radical (unpaired) electrons. The van der Waals surface area contributed by atoms with Crippen LogP contribution in [0.5, 0.6) is 5.88 Å². The van der Waals surface area contributed by atoms with Crippen LogP contribution in [0.15, 0.2) is 17.3 Å². The van der Waals surface area contributed by atoms with E-state index in [1.165, 1.54) is 0 Å². The Morgan fingerprint density at radius 2 is 2.17 bits per heavy atom. The summed E-state index contributed by atoms with van der Waals surface area (Å²) < 4.78 is 49.2. The van der Waals surface area contributed by atoms with Gasteiger partial charge in [-0.3, -0.25) is 0 Å². The van der Waals surface area contributed by atoms with Crippen LogP contribution in [-0.2, 0) is 10.9 Å². The van der Waals surface area contributed by atoms with Crippen LogP contribution in [0.2, 0.25) is 5.02 Å². The normalized spacial score (nSPS) is 25.0. The van der Waals surface area contributed by atoms with Gasteiger partial charge in [0, 0.05) is 36.7 Å². The van der Waals surface area contributed by atoms with E-state index in [9.17, 15) is 13.2 Å². The fraction of sp³-hybridized carbons (Fsp3) is 0.684. The number of pyridine rings is 1. The quantitative estimate of drug-likeness (QED) is 0.236. The summed E-state index contributed by atoms with van der Waals surface area (Å²) in [5.74, 6) is 1.10. The highest BCUT2D eigenvalue weighted by molar-refractivity contribution is 14.0. The Labute approximate surface area is 196 Å². The smallest absolute Gasteiger partial charge is 0.417 e. The number of guanidine groups is 1. The van der Waals surface area contributed by atoms with Crippen LogP contribution in [0.4, 0.5) is 13.2 Å². The van der Waals surface area contributed by atoms with E-state index >= 15 is 0 Å². The summed E-state index contributed by atoms with van der Waals surface area (Å²) in [5, 5.41) is 6.51. The largest absolute Gasteiger partial charge is 0.475 e. The first kappa shape index (κ1) is 25.3. The van der Waals surface area contributed by atoms with Gasteiger partial charge in [-0.1, -0.05) is 25.4 Å². The molecule has 2 N–H and O–H groups in total. The fourth-order valence-electron chi connectivity index (χ4n) is 4.07. The molecule has 0 spiro atoms.